The molecular weight excluding hydrogens is 236 g/mol. The van der Waals surface area contributed by atoms with E-state index in [1.807, 2.05) is 30.3 Å². The third kappa shape index (κ3) is 2.26. The van der Waals surface area contributed by atoms with E-state index in [1.165, 1.54) is 5.56 Å². The molecule has 0 radical (unpaired) electrons. The van der Waals surface area contributed by atoms with Crippen molar-refractivity contribution in [3.05, 3.63) is 59.7 Å². The first-order valence-electron chi connectivity index (χ1n) is 6.03. The van der Waals surface area contributed by atoms with Crippen molar-refractivity contribution >= 4 is 17.0 Å². The maximum atomic E-state index is 9.03. The predicted octanol–water partition coefficient (Wildman–Crippen LogP) is 3.05. The molecule has 3 aromatic rings. The number of fused-ring (bicyclic) bond motifs is 1. The van der Waals surface area contributed by atoms with E-state index in [-0.39, 0.29) is 0 Å². The molecule has 0 fully saturated rings. The zero-order valence-electron chi connectivity index (χ0n) is 10.2. The normalized spacial score (nSPS) is 10.3. The van der Waals surface area contributed by atoms with E-state index in [0.29, 0.717) is 23.6 Å². The summed E-state index contributed by atoms with van der Waals surface area (Å²) >= 11 is 0. The number of para-hydroxylation sites is 1. The highest BCUT2D eigenvalue weighted by molar-refractivity contribution is 5.83. The van der Waals surface area contributed by atoms with Gasteiger partial charge in [0.25, 0.3) is 0 Å². The number of hydrogen-bond acceptors (Lipinski definition) is 3. The highest BCUT2D eigenvalue weighted by Crippen LogP contribution is 2.18. The first-order chi connectivity index (χ1) is 9.36. The topological polar surface area (TPSA) is 64.5 Å². The Hall–Kier alpha value is -2.80. The molecule has 19 heavy (non-hydrogen) atoms. The van der Waals surface area contributed by atoms with Gasteiger partial charge in [0.15, 0.2) is 0 Å². The van der Waals surface area contributed by atoms with Crippen molar-refractivity contribution < 1.29 is 0 Å². The Morgan fingerprint density at radius 1 is 1.11 bits per heavy atom. The molecule has 4 heteroatoms. The number of rotatable bonds is 3. The van der Waals surface area contributed by atoms with Crippen LogP contribution >= 0.6 is 0 Å². The van der Waals surface area contributed by atoms with Gasteiger partial charge in [-0.3, -0.25) is 0 Å². The fourth-order valence-corrected chi connectivity index (χ4v) is 1.99. The molecule has 1 heterocycles. The van der Waals surface area contributed by atoms with Gasteiger partial charge in [-0.15, -0.1) is 0 Å². The van der Waals surface area contributed by atoms with Crippen molar-refractivity contribution in [2.24, 2.45) is 0 Å². The molecule has 0 aliphatic heterocycles. The second-order valence-corrected chi connectivity index (χ2v) is 4.24. The highest BCUT2D eigenvalue weighted by Gasteiger charge is 2.06. The lowest BCUT2D eigenvalue weighted by atomic mass is 10.2. The summed E-state index contributed by atoms with van der Waals surface area (Å²) in [6.45, 7) is 0.697. The van der Waals surface area contributed by atoms with Crippen LogP contribution in [0.1, 0.15) is 11.1 Å². The average Bonchev–Trinajstić information content (AvgIpc) is 2.89. The summed E-state index contributed by atoms with van der Waals surface area (Å²) in [7, 11) is 0. The highest BCUT2D eigenvalue weighted by atomic mass is 15.1. The van der Waals surface area contributed by atoms with Crippen LogP contribution < -0.4 is 5.32 Å². The van der Waals surface area contributed by atoms with Gasteiger partial charge >= 0.3 is 0 Å². The Balaban J connectivity index is 1.85. The van der Waals surface area contributed by atoms with E-state index in [1.54, 1.807) is 6.07 Å². The molecule has 92 valence electrons. The number of hydrogen-bond donors (Lipinski definition) is 2. The quantitative estimate of drug-likeness (QED) is 0.748. The van der Waals surface area contributed by atoms with E-state index in [2.05, 4.69) is 33.5 Å². The average molecular weight is 248 g/mol. The predicted molar refractivity (Wildman–Crippen MR) is 74.6 cm³/mol. The van der Waals surface area contributed by atoms with E-state index in [9.17, 15) is 0 Å². The molecule has 1 aromatic heterocycles. The Kier molecular flexibility index (Phi) is 2.87. The summed E-state index contributed by atoms with van der Waals surface area (Å²) in [5.41, 5.74) is 3.35. The van der Waals surface area contributed by atoms with Crippen LogP contribution in [0.25, 0.3) is 11.0 Å². The maximum Gasteiger partial charge on any atom is 0.201 e. The number of anilines is 1. The summed E-state index contributed by atoms with van der Waals surface area (Å²) in [5, 5.41) is 12.3. The fourth-order valence-electron chi connectivity index (χ4n) is 1.99. The molecule has 0 aliphatic carbocycles. The fraction of sp³-hybridized carbons (Fsp3) is 0.0667. The van der Waals surface area contributed by atoms with Gasteiger partial charge in [0.2, 0.25) is 5.95 Å². The standard InChI is InChI=1S/C15H12N4/c16-9-12-7-4-8-13-14(12)19-15(18-13)17-10-11-5-2-1-3-6-11/h1-8H,10H2,(H2,17,18,19). The molecule has 3 rings (SSSR count). The number of nitrogens with one attached hydrogen (secondary N) is 2. The van der Waals surface area contributed by atoms with Gasteiger partial charge in [0, 0.05) is 6.54 Å². The summed E-state index contributed by atoms with van der Waals surface area (Å²) in [6, 6.07) is 17.8. The molecule has 2 N–H and O–H groups in total. The van der Waals surface area contributed by atoms with Gasteiger partial charge in [-0.25, -0.2) is 4.98 Å². The van der Waals surface area contributed by atoms with Crippen molar-refractivity contribution in [2.75, 3.05) is 5.32 Å². The monoisotopic (exact) mass is 248 g/mol. The molecule has 0 unspecified atom stereocenters. The number of nitrogens with zero attached hydrogens (tertiary/aromatic N) is 2. The maximum absolute atomic E-state index is 9.03. The summed E-state index contributed by atoms with van der Waals surface area (Å²) in [6.07, 6.45) is 0. The molecule has 0 spiro atoms. The SMILES string of the molecule is N#Cc1cccc2[nH]c(NCc3ccccc3)nc12. The van der Waals surface area contributed by atoms with Gasteiger partial charge in [0.1, 0.15) is 11.6 Å². The molecular formula is C15H12N4. The van der Waals surface area contributed by atoms with Gasteiger partial charge < -0.3 is 10.3 Å². The zero-order valence-corrected chi connectivity index (χ0v) is 10.2. The van der Waals surface area contributed by atoms with Crippen molar-refractivity contribution in [3.63, 3.8) is 0 Å². The Morgan fingerprint density at radius 2 is 1.95 bits per heavy atom. The summed E-state index contributed by atoms with van der Waals surface area (Å²) < 4.78 is 0. The Morgan fingerprint density at radius 3 is 2.74 bits per heavy atom. The number of H-pyrrole nitrogens is 1. The molecule has 0 atom stereocenters. The van der Waals surface area contributed by atoms with Gasteiger partial charge in [-0.2, -0.15) is 5.26 Å². The number of imidazole rings is 1. The van der Waals surface area contributed by atoms with Gasteiger partial charge in [0.05, 0.1) is 11.1 Å². The van der Waals surface area contributed by atoms with Crippen molar-refractivity contribution in [2.45, 2.75) is 6.54 Å². The van der Waals surface area contributed by atoms with E-state index in [0.717, 1.165) is 5.52 Å². The third-order valence-electron chi connectivity index (χ3n) is 2.94. The third-order valence-corrected chi connectivity index (χ3v) is 2.94. The van der Waals surface area contributed by atoms with Crippen LogP contribution in [-0.2, 0) is 6.54 Å². The van der Waals surface area contributed by atoms with Gasteiger partial charge in [-0.1, -0.05) is 36.4 Å². The van der Waals surface area contributed by atoms with Crippen molar-refractivity contribution in [1.82, 2.24) is 9.97 Å². The number of nitriles is 1. The second-order valence-electron chi connectivity index (χ2n) is 4.24. The van der Waals surface area contributed by atoms with Crippen LogP contribution in [0.5, 0.6) is 0 Å². The number of benzene rings is 2. The molecule has 2 aromatic carbocycles. The van der Waals surface area contributed by atoms with Crippen LogP contribution in [0.4, 0.5) is 5.95 Å². The van der Waals surface area contributed by atoms with E-state index < -0.39 is 0 Å². The molecule has 0 aliphatic rings. The number of aromatic amines is 1. The summed E-state index contributed by atoms with van der Waals surface area (Å²) in [5.74, 6) is 0.682. The molecule has 0 saturated heterocycles. The Labute approximate surface area is 110 Å². The smallest absolute Gasteiger partial charge is 0.201 e. The zero-order chi connectivity index (χ0) is 13.1. The van der Waals surface area contributed by atoms with Crippen LogP contribution in [0.2, 0.25) is 0 Å². The van der Waals surface area contributed by atoms with Crippen LogP contribution in [0.3, 0.4) is 0 Å². The lowest BCUT2D eigenvalue weighted by Crippen LogP contribution is -2.00. The minimum atomic E-state index is 0.585. The molecule has 4 nitrogen and oxygen atoms in total. The van der Waals surface area contributed by atoms with Crippen molar-refractivity contribution in [1.29, 1.82) is 5.26 Å². The molecule has 0 amide bonds. The second kappa shape index (κ2) is 4.83. The largest absolute Gasteiger partial charge is 0.352 e. The van der Waals surface area contributed by atoms with Crippen LogP contribution in [0, 0.1) is 11.3 Å². The van der Waals surface area contributed by atoms with Gasteiger partial charge in [-0.05, 0) is 17.7 Å². The molecule has 0 bridgehead atoms. The van der Waals surface area contributed by atoms with Crippen LogP contribution in [0.15, 0.2) is 48.5 Å². The number of aromatic nitrogens is 2. The summed E-state index contributed by atoms with van der Waals surface area (Å²) in [4.78, 5) is 7.58. The minimum absolute atomic E-state index is 0.585. The first kappa shape index (κ1) is 11.3. The first-order valence-corrected chi connectivity index (χ1v) is 6.03. The molecule has 0 saturated carbocycles. The minimum Gasteiger partial charge on any atom is -0.352 e. The van der Waals surface area contributed by atoms with Crippen molar-refractivity contribution in [3.8, 4) is 6.07 Å². The lowest BCUT2D eigenvalue weighted by molar-refractivity contribution is 1.10. The van der Waals surface area contributed by atoms with Crippen LogP contribution in [-0.4, -0.2) is 9.97 Å². The lowest BCUT2D eigenvalue weighted by Gasteiger charge is -2.01. The Bertz CT molecular complexity index is 738. The van der Waals surface area contributed by atoms with E-state index >= 15 is 0 Å². The van der Waals surface area contributed by atoms with E-state index in [4.69, 9.17) is 5.26 Å².